The molecule has 0 saturated heterocycles. The Hall–Kier alpha value is 0.580. The molecule has 1 rings (SSSR count). The Labute approximate surface area is 72.9 Å². The van der Waals surface area contributed by atoms with Gasteiger partial charge in [0, 0.05) is 0 Å². The lowest BCUT2D eigenvalue weighted by atomic mass is 9.77. The van der Waals surface area contributed by atoms with Gasteiger partial charge in [-0.15, -0.1) is 23.2 Å². The first kappa shape index (κ1) is 8.67. The maximum atomic E-state index is 5.86. The molecule has 0 aliphatic heterocycles. The molecule has 0 radical (unpaired) electrons. The van der Waals surface area contributed by atoms with Crippen LogP contribution in [0.4, 0.5) is 0 Å². The minimum atomic E-state index is -0.173. The normalized spacial score (nSPS) is 25.2. The van der Waals surface area contributed by atoms with E-state index in [-0.39, 0.29) is 10.3 Å². The molecule has 0 bridgehead atoms. The lowest BCUT2D eigenvalue weighted by Gasteiger charge is -2.34. The van der Waals surface area contributed by atoms with E-state index in [1.54, 1.807) is 0 Å². The summed E-state index contributed by atoms with van der Waals surface area (Å²) >= 11 is 11.7. The molecule has 0 nitrogen and oxygen atoms in total. The van der Waals surface area contributed by atoms with E-state index in [0.29, 0.717) is 0 Å². The predicted molar refractivity (Wildman–Crippen MR) is 46.7 cm³/mol. The fraction of sp³-hybridized carbons (Fsp3) is 1.00. The van der Waals surface area contributed by atoms with Crippen LogP contribution in [0.1, 0.15) is 39.0 Å². The van der Waals surface area contributed by atoms with E-state index in [4.69, 9.17) is 23.2 Å². The predicted octanol–water partition coefficient (Wildman–Crippen LogP) is 3.76. The van der Waals surface area contributed by atoms with Crippen molar-refractivity contribution in [3.05, 3.63) is 0 Å². The van der Waals surface area contributed by atoms with Crippen LogP contribution < -0.4 is 0 Å². The Morgan fingerprint density at radius 2 is 1.60 bits per heavy atom. The van der Waals surface area contributed by atoms with Crippen LogP contribution in [-0.4, -0.2) is 4.84 Å². The maximum Gasteiger partial charge on any atom is 0.113 e. The van der Waals surface area contributed by atoms with Crippen molar-refractivity contribution in [2.75, 3.05) is 0 Å². The van der Waals surface area contributed by atoms with E-state index in [1.165, 1.54) is 32.1 Å². The van der Waals surface area contributed by atoms with Gasteiger partial charge in [-0.05, 0) is 18.3 Å². The molecule has 1 saturated carbocycles. The lowest BCUT2D eigenvalue weighted by molar-refractivity contribution is 0.235. The fourth-order valence-corrected chi connectivity index (χ4v) is 2.01. The average Bonchev–Trinajstić information content (AvgIpc) is 1.89. The highest BCUT2D eigenvalue weighted by atomic mass is 35.5. The van der Waals surface area contributed by atoms with Crippen molar-refractivity contribution in [1.29, 1.82) is 0 Å². The van der Waals surface area contributed by atoms with Crippen molar-refractivity contribution < 1.29 is 0 Å². The molecule has 0 N–H and O–H groups in total. The van der Waals surface area contributed by atoms with E-state index < -0.39 is 0 Å². The summed E-state index contributed by atoms with van der Waals surface area (Å²) in [6.07, 6.45) is 6.35. The minimum absolute atomic E-state index is 0.173. The number of halogens is 2. The molecule has 0 aromatic rings. The summed E-state index contributed by atoms with van der Waals surface area (Å²) in [5.41, 5.74) is 0.210. The van der Waals surface area contributed by atoms with Crippen molar-refractivity contribution in [3.63, 3.8) is 0 Å². The van der Waals surface area contributed by atoms with E-state index >= 15 is 0 Å². The van der Waals surface area contributed by atoms with Gasteiger partial charge < -0.3 is 0 Å². The molecule has 0 aromatic heterocycles. The summed E-state index contributed by atoms with van der Waals surface area (Å²) in [6, 6.07) is 0. The Bertz CT molecular complexity index is 104. The molecule has 0 amide bonds. The molecule has 0 heterocycles. The first-order valence-corrected chi connectivity index (χ1v) is 4.81. The Balaban J connectivity index is 2.48. The fourth-order valence-electron chi connectivity index (χ4n) is 1.58. The SMILES string of the molecule is CC1(C(Cl)Cl)CCCCC1. The third-order valence-electron chi connectivity index (χ3n) is 2.52. The van der Waals surface area contributed by atoms with Gasteiger partial charge in [0.15, 0.2) is 0 Å². The Morgan fingerprint density at radius 3 is 1.90 bits per heavy atom. The van der Waals surface area contributed by atoms with E-state index in [9.17, 15) is 0 Å². The molecule has 0 spiro atoms. The molecular weight excluding hydrogens is 167 g/mol. The lowest BCUT2D eigenvalue weighted by Crippen LogP contribution is -2.26. The third-order valence-corrected chi connectivity index (χ3v) is 3.58. The average molecular weight is 181 g/mol. The number of hydrogen-bond donors (Lipinski definition) is 0. The summed E-state index contributed by atoms with van der Waals surface area (Å²) < 4.78 is 0. The van der Waals surface area contributed by atoms with Crippen LogP contribution in [0.5, 0.6) is 0 Å². The third kappa shape index (κ3) is 1.79. The van der Waals surface area contributed by atoms with E-state index in [0.717, 1.165) is 0 Å². The second-order valence-electron chi connectivity index (χ2n) is 3.52. The highest BCUT2D eigenvalue weighted by Gasteiger charge is 2.32. The highest BCUT2D eigenvalue weighted by Crippen LogP contribution is 2.42. The van der Waals surface area contributed by atoms with E-state index in [2.05, 4.69) is 6.92 Å². The zero-order chi connectivity index (χ0) is 7.61. The molecule has 0 atom stereocenters. The summed E-state index contributed by atoms with van der Waals surface area (Å²) in [4.78, 5) is -0.173. The summed E-state index contributed by atoms with van der Waals surface area (Å²) in [6.45, 7) is 2.19. The Kier molecular flexibility index (Phi) is 2.88. The largest absolute Gasteiger partial charge is 0.113 e. The summed E-state index contributed by atoms with van der Waals surface area (Å²) in [7, 11) is 0. The van der Waals surface area contributed by atoms with Crippen molar-refractivity contribution in [2.45, 2.75) is 43.9 Å². The first-order valence-electron chi connectivity index (χ1n) is 3.93. The molecule has 1 aliphatic carbocycles. The summed E-state index contributed by atoms with van der Waals surface area (Å²) in [5, 5.41) is 0. The smallest absolute Gasteiger partial charge is 0.105 e. The van der Waals surface area contributed by atoms with Crippen LogP contribution >= 0.6 is 23.2 Å². The first-order chi connectivity index (χ1) is 4.65. The van der Waals surface area contributed by atoms with Gasteiger partial charge in [0.1, 0.15) is 4.84 Å². The van der Waals surface area contributed by atoms with Gasteiger partial charge in [-0.1, -0.05) is 26.2 Å². The maximum absolute atomic E-state index is 5.86. The van der Waals surface area contributed by atoms with Crippen LogP contribution in [0.2, 0.25) is 0 Å². The Morgan fingerprint density at radius 1 is 1.10 bits per heavy atom. The number of hydrogen-bond acceptors (Lipinski definition) is 0. The van der Waals surface area contributed by atoms with Crippen LogP contribution in [0.15, 0.2) is 0 Å². The van der Waals surface area contributed by atoms with Gasteiger partial charge in [0.25, 0.3) is 0 Å². The van der Waals surface area contributed by atoms with Crippen LogP contribution in [0.25, 0.3) is 0 Å². The van der Waals surface area contributed by atoms with Gasteiger partial charge in [-0.25, -0.2) is 0 Å². The summed E-state index contributed by atoms with van der Waals surface area (Å²) in [5.74, 6) is 0. The van der Waals surface area contributed by atoms with Gasteiger partial charge in [-0.3, -0.25) is 0 Å². The number of rotatable bonds is 1. The monoisotopic (exact) mass is 180 g/mol. The molecule has 1 fully saturated rings. The molecule has 60 valence electrons. The van der Waals surface area contributed by atoms with Crippen molar-refractivity contribution in [2.24, 2.45) is 5.41 Å². The zero-order valence-corrected chi connectivity index (χ0v) is 7.88. The molecule has 2 heteroatoms. The van der Waals surface area contributed by atoms with Gasteiger partial charge in [0.05, 0.1) is 0 Å². The van der Waals surface area contributed by atoms with Gasteiger partial charge >= 0.3 is 0 Å². The highest BCUT2D eigenvalue weighted by molar-refractivity contribution is 6.44. The van der Waals surface area contributed by atoms with E-state index in [1.807, 2.05) is 0 Å². The molecular formula is C8H14Cl2. The van der Waals surface area contributed by atoms with Gasteiger partial charge in [-0.2, -0.15) is 0 Å². The second-order valence-corrected chi connectivity index (χ2v) is 4.61. The van der Waals surface area contributed by atoms with Crippen molar-refractivity contribution in [3.8, 4) is 0 Å². The van der Waals surface area contributed by atoms with Crippen molar-refractivity contribution >= 4 is 23.2 Å². The second kappa shape index (κ2) is 3.32. The van der Waals surface area contributed by atoms with Crippen LogP contribution in [0.3, 0.4) is 0 Å². The van der Waals surface area contributed by atoms with Gasteiger partial charge in [0.2, 0.25) is 0 Å². The molecule has 1 aliphatic rings. The van der Waals surface area contributed by atoms with Crippen molar-refractivity contribution in [1.82, 2.24) is 0 Å². The topological polar surface area (TPSA) is 0 Å². The standard InChI is InChI=1S/C8H14Cl2/c1-8(7(9)10)5-3-2-4-6-8/h7H,2-6H2,1H3. The zero-order valence-electron chi connectivity index (χ0n) is 6.37. The number of alkyl halides is 2. The van der Waals surface area contributed by atoms with Crippen LogP contribution in [-0.2, 0) is 0 Å². The quantitative estimate of drug-likeness (QED) is 0.540. The molecule has 0 unspecified atom stereocenters. The molecule has 10 heavy (non-hydrogen) atoms. The minimum Gasteiger partial charge on any atom is -0.105 e. The molecule has 0 aromatic carbocycles. The van der Waals surface area contributed by atoms with Crippen LogP contribution in [0, 0.1) is 5.41 Å².